The average molecular weight is 394 g/mol. The number of aliphatic imine (C=N–C) groups is 1. The van der Waals surface area contributed by atoms with Crippen molar-refractivity contribution in [2.24, 2.45) is 4.99 Å². The third kappa shape index (κ3) is 4.23. The zero-order valence-electron chi connectivity index (χ0n) is 16.8. The Morgan fingerprint density at radius 2 is 1.96 bits per heavy atom. The number of rotatable bonds is 4. The minimum Gasteiger partial charge on any atom is -0.356 e. The number of nitrogens with one attached hydrogen (secondary N) is 1. The summed E-state index contributed by atoms with van der Waals surface area (Å²) in [5.41, 5.74) is 1.23. The molecule has 1 saturated heterocycles. The average Bonchev–Trinajstić information content (AvgIpc) is 2.67. The van der Waals surface area contributed by atoms with Crippen LogP contribution in [0.5, 0.6) is 0 Å². The molecule has 0 saturated carbocycles. The Labute approximate surface area is 171 Å². The molecular weight excluding hydrogens is 366 g/mol. The van der Waals surface area contributed by atoms with Crippen LogP contribution in [0.25, 0.3) is 15.7 Å². The van der Waals surface area contributed by atoms with Gasteiger partial charge in [0.1, 0.15) is 5.82 Å². The molecule has 1 N–H and O–H groups in total. The fourth-order valence-corrected chi connectivity index (χ4v) is 4.63. The lowest BCUT2D eigenvalue weighted by Crippen LogP contribution is -2.44. The Morgan fingerprint density at radius 3 is 2.71 bits per heavy atom. The van der Waals surface area contributed by atoms with Crippen LogP contribution in [0, 0.1) is 0 Å². The smallest absolute Gasteiger partial charge is 0.131 e. The molecule has 1 aromatic carbocycles. The lowest BCUT2D eigenvalue weighted by atomic mass is 10.1. The van der Waals surface area contributed by atoms with E-state index >= 15 is 0 Å². The van der Waals surface area contributed by atoms with Crippen molar-refractivity contribution in [3.05, 3.63) is 54.5 Å². The third-order valence-electron chi connectivity index (χ3n) is 5.20. The van der Waals surface area contributed by atoms with Gasteiger partial charge in [0.2, 0.25) is 0 Å². The van der Waals surface area contributed by atoms with E-state index in [0.717, 1.165) is 48.2 Å². The molecule has 0 unspecified atom stereocenters. The first-order valence-electron chi connectivity index (χ1n) is 9.71. The van der Waals surface area contributed by atoms with Crippen molar-refractivity contribution in [1.82, 2.24) is 14.8 Å². The van der Waals surface area contributed by atoms with Gasteiger partial charge in [-0.1, -0.05) is 30.5 Å². The van der Waals surface area contributed by atoms with Crippen LogP contribution in [0.1, 0.15) is 19.4 Å². The first kappa shape index (κ1) is 19.0. The van der Waals surface area contributed by atoms with Gasteiger partial charge in [-0.15, -0.1) is 0 Å². The Morgan fingerprint density at radius 1 is 1.18 bits per heavy atom. The van der Waals surface area contributed by atoms with Gasteiger partial charge < -0.3 is 15.1 Å². The van der Waals surface area contributed by atoms with E-state index in [4.69, 9.17) is 0 Å². The first-order chi connectivity index (χ1) is 13.5. The summed E-state index contributed by atoms with van der Waals surface area (Å²) < 4.78 is 0. The number of hydrogen-bond acceptors (Lipinski definition) is 6. The Kier molecular flexibility index (Phi) is 5.42. The van der Waals surface area contributed by atoms with Gasteiger partial charge in [0, 0.05) is 42.7 Å². The molecule has 0 aliphatic carbocycles. The van der Waals surface area contributed by atoms with Gasteiger partial charge in [-0.2, -0.15) is 0 Å². The Hall–Kier alpha value is -2.31. The summed E-state index contributed by atoms with van der Waals surface area (Å²) in [5.74, 6) is 1.76. The van der Waals surface area contributed by atoms with Crippen molar-refractivity contribution >= 4 is 38.3 Å². The highest BCUT2D eigenvalue weighted by Crippen LogP contribution is 2.34. The second-order valence-electron chi connectivity index (χ2n) is 7.52. The van der Waals surface area contributed by atoms with E-state index in [1.54, 1.807) is 11.8 Å². The molecule has 5 nitrogen and oxygen atoms in total. The molecule has 1 aromatic heterocycles. The predicted molar refractivity (Wildman–Crippen MR) is 122 cm³/mol. The van der Waals surface area contributed by atoms with Crippen molar-refractivity contribution in [2.45, 2.75) is 19.9 Å². The van der Waals surface area contributed by atoms with Gasteiger partial charge in [-0.05, 0) is 50.1 Å². The number of fused-ring (bicyclic) bond motifs is 1. The first-order valence-corrected chi connectivity index (χ1v) is 10.5. The summed E-state index contributed by atoms with van der Waals surface area (Å²) in [6.07, 6.45) is 4.16. The van der Waals surface area contributed by atoms with Gasteiger partial charge in [0.05, 0.1) is 16.9 Å². The number of likely N-dealkylation sites (N-methyl/N-ethyl adjacent to an activating group) is 1. The summed E-state index contributed by atoms with van der Waals surface area (Å²) in [5, 5.41) is 6.83. The van der Waals surface area contributed by atoms with E-state index in [1.165, 1.54) is 15.9 Å². The molecule has 146 valence electrons. The third-order valence-corrected chi connectivity index (χ3v) is 6.19. The monoisotopic (exact) mass is 393 g/mol. The Balaban J connectivity index is 1.54. The number of anilines is 1. The summed E-state index contributed by atoms with van der Waals surface area (Å²) in [6.45, 7) is 12.5. The van der Waals surface area contributed by atoms with Crippen LogP contribution in [-0.4, -0.2) is 59.1 Å². The zero-order valence-corrected chi connectivity index (χ0v) is 17.6. The highest BCUT2D eigenvalue weighted by Gasteiger charge is 2.16. The van der Waals surface area contributed by atoms with Crippen LogP contribution in [0.3, 0.4) is 0 Å². The molecular formula is C22H27N5S. The quantitative estimate of drug-likeness (QED) is 0.841. The molecule has 2 aliphatic rings. The molecule has 4 rings (SSSR count). The van der Waals surface area contributed by atoms with E-state index < -0.39 is 0 Å². The van der Waals surface area contributed by atoms with Gasteiger partial charge in [0.25, 0.3) is 0 Å². The van der Waals surface area contributed by atoms with Gasteiger partial charge >= 0.3 is 0 Å². The molecule has 2 aromatic rings. The van der Waals surface area contributed by atoms with Crippen LogP contribution in [0.4, 0.5) is 5.82 Å². The predicted octanol–water partition coefficient (Wildman–Crippen LogP) is 4.26. The maximum Gasteiger partial charge on any atom is 0.131 e. The summed E-state index contributed by atoms with van der Waals surface area (Å²) in [6, 6.07) is 8.89. The summed E-state index contributed by atoms with van der Waals surface area (Å²) >= 11 is 1.74. The van der Waals surface area contributed by atoms with E-state index in [2.05, 4.69) is 82.9 Å². The second kappa shape index (κ2) is 7.97. The van der Waals surface area contributed by atoms with Crippen molar-refractivity contribution in [3.8, 4) is 0 Å². The van der Waals surface area contributed by atoms with Gasteiger partial charge in [-0.3, -0.25) is 4.99 Å². The fourth-order valence-electron chi connectivity index (χ4n) is 3.58. The van der Waals surface area contributed by atoms with E-state index in [1.807, 2.05) is 6.20 Å². The van der Waals surface area contributed by atoms with Crippen LogP contribution in [0.2, 0.25) is 0 Å². The number of hydrogen-bond donors (Lipinski definition) is 1. The van der Waals surface area contributed by atoms with Crippen LogP contribution in [0.15, 0.2) is 53.9 Å². The van der Waals surface area contributed by atoms with E-state index in [9.17, 15) is 0 Å². The summed E-state index contributed by atoms with van der Waals surface area (Å²) in [7, 11) is 2.16. The van der Waals surface area contributed by atoms with Gasteiger partial charge in [0.15, 0.2) is 0 Å². The number of nitrogens with zero attached hydrogens (tertiary/aromatic N) is 4. The molecule has 0 bridgehead atoms. The molecule has 0 radical (unpaired) electrons. The number of thioether (sulfide) groups is 1. The van der Waals surface area contributed by atoms with Crippen LogP contribution < -0.4 is 5.32 Å². The Bertz CT molecular complexity index is 957. The maximum absolute atomic E-state index is 4.58. The van der Waals surface area contributed by atoms with Crippen molar-refractivity contribution in [1.29, 1.82) is 0 Å². The molecule has 1 atom stereocenters. The topological polar surface area (TPSA) is 43.8 Å². The van der Waals surface area contributed by atoms with E-state index in [0.29, 0.717) is 0 Å². The number of piperazine rings is 1. The minimum absolute atomic E-state index is 0.230. The number of aromatic nitrogens is 1. The van der Waals surface area contributed by atoms with Crippen LogP contribution >= 0.6 is 11.8 Å². The molecule has 6 heteroatoms. The van der Waals surface area contributed by atoms with Crippen molar-refractivity contribution in [2.75, 3.05) is 38.5 Å². The van der Waals surface area contributed by atoms with Crippen LogP contribution in [-0.2, 0) is 0 Å². The highest BCUT2D eigenvalue weighted by atomic mass is 32.2. The molecule has 1 fully saturated rings. The normalized spacial score (nSPS) is 20.7. The maximum atomic E-state index is 4.58. The standard InChI is InChI=1S/C22H27N5S/c1-15-11-21(28-17(3)24-15)18-5-6-19-14-23-22(13-20(19)12-18)25-16(2)27-9-7-26(4)8-10-27/h5-6,11-15H,2,7-10H2,1,3-4H3,(H,23,25)/t15-/m1/s1. The van der Waals surface area contributed by atoms with Gasteiger partial charge in [-0.25, -0.2) is 4.98 Å². The van der Waals surface area contributed by atoms with Crippen molar-refractivity contribution < 1.29 is 0 Å². The number of benzene rings is 1. The SMILES string of the molecule is C=C(Nc1cc2cc(C3=C[C@@H](C)N=C(C)S3)ccc2cn1)N1CCN(C)CC1. The lowest BCUT2D eigenvalue weighted by molar-refractivity contribution is 0.188. The lowest BCUT2D eigenvalue weighted by Gasteiger charge is -2.35. The van der Waals surface area contributed by atoms with E-state index in [-0.39, 0.29) is 6.04 Å². The largest absolute Gasteiger partial charge is 0.356 e. The minimum atomic E-state index is 0.230. The molecule has 0 spiro atoms. The number of pyridine rings is 1. The fraction of sp³-hybridized carbons (Fsp3) is 0.364. The summed E-state index contributed by atoms with van der Waals surface area (Å²) in [4.78, 5) is 15.1. The zero-order chi connectivity index (χ0) is 19.7. The molecule has 28 heavy (non-hydrogen) atoms. The van der Waals surface area contributed by atoms with Crippen molar-refractivity contribution in [3.63, 3.8) is 0 Å². The highest BCUT2D eigenvalue weighted by molar-refractivity contribution is 8.21. The molecule has 3 heterocycles. The second-order valence-corrected chi connectivity index (χ2v) is 8.75. The molecule has 2 aliphatic heterocycles. The molecule has 0 amide bonds.